The first-order chi connectivity index (χ1) is 17.0. The third kappa shape index (κ3) is 6.51. The van der Waals surface area contributed by atoms with Crippen LogP contribution in [-0.4, -0.2) is 29.7 Å². The molecule has 1 atom stereocenters. The molecule has 184 valence electrons. The number of fused-ring (bicyclic) bond motifs is 1. The lowest BCUT2D eigenvalue weighted by Gasteiger charge is -2.22. The average Bonchev–Trinajstić information content (AvgIpc) is 3.17. The number of hydrogen-bond acceptors (Lipinski definition) is 7. The van der Waals surface area contributed by atoms with Crippen LogP contribution in [0.1, 0.15) is 41.3 Å². The minimum absolute atomic E-state index is 0.0934. The summed E-state index contributed by atoms with van der Waals surface area (Å²) in [6.45, 7) is 2.88. The monoisotopic (exact) mass is 494 g/mol. The van der Waals surface area contributed by atoms with E-state index in [1.54, 1.807) is 12.4 Å². The molecule has 1 aromatic carbocycles. The number of ether oxygens (including phenoxy) is 2. The second-order valence-corrected chi connectivity index (χ2v) is 9.43. The van der Waals surface area contributed by atoms with Gasteiger partial charge in [-0.2, -0.15) is 0 Å². The van der Waals surface area contributed by atoms with Crippen LogP contribution >= 0.6 is 11.3 Å². The largest absolute Gasteiger partial charge is 0.494 e. The summed E-state index contributed by atoms with van der Waals surface area (Å²) in [6.07, 6.45) is 5.60. The van der Waals surface area contributed by atoms with E-state index in [-0.39, 0.29) is 12.0 Å². The number of aryl methyl sites for hydroxylation is 1. The van der Waals surface area contributed by atoms with Crippen molar-refractivity contribution in [2.45, 2.75) is 51.7 Å². The van der Waals surface area contributed by atoms with E-state index in [0.717, 1.165) is 27.3 Å². The molecule has 2 amide bonds. The van der Waals surface area contributed by atoms with Crippen LogP contribution in [0.25, 0.3) is 0 Å². The Hall–Kier alpha value is -3.59. The van der Waals surface area contributed by atoms with Gasteiger partial charge in [0.1, 0.15) is 16.9 Å². The van der Waals surface area contributed by atoms with Crippen molar-refractivity contribution in [3.8, 4) is 5.75 Å². The van der Waals surface area contributed by atoms with E-state index in [4.69, 9.17) is 15.2 Å². The normalized spacial score (nSPS) is 14.6. The molecular weight excluding hydrogens is 464 g/mol. The highest BCUT2D eigenvalue weighted by atomic mass is 32.1. The highest BCUT2D eigenvalue weighted by Crippen LogP contribution is 2.40. The predicted octanol–water partition coefficient (Wildman–Crippen LogP) is 4.48. The Kier molecular flexibility index (Phi) is 8.20. The summed E-state index contributed by atoms with van der Waals surface area (Å²) >= 11 is 1.46. The molecule has 1 unspecified atom stereocenters. The van der Waals surface area contributed by atoms with Crippen molar-refractivity contribution in [3.05, 3.63) is 70.4 Å². The molecule has 1 aliphatic carbocycles. The summed E-state index contributed by atoms with van der Waals surface area (Å²) in [6, 6.07) is 11.5. The van der Waals surface area contributed by atoms with Crippen LogP contribution in [0.15, 0.2) is 48.8 Å². The molecule has 0 radical (unpaired) electrons. The van der Waals surface area contributed by atoms with Crippen molar-refractivity contribution in [2.75, 3.05) is 17.7 Å². The zero-order valence-corrected chi connectivity index (χ0v) is 20.5. The lowest BCUT2D eigenvalue weighted by atomic mass is 9.95. The number of para-hydroxylation sites is 1. The predicted molar refractivity (Wildman–Crippen MR) is 137 cm³/mol. The number of anilines is 2. The zero-order valence-electron chi connectivity index (χ0n) is 19.7. The number of rotatable bonds is 9. The summed E-state index contributed by atoms with van der Waals surface area (Å²) in [5.74, 6) is 0.716. The molecule has 0 bridgehead atoms. The zero-order chi connectivity index (χ0) is 24.6. The first kappa shape index (κ1) is 24.5. The Bertz CT molecular complexity index is 1170. The van der Waals surface area contributed by atoms with E-state index in [2.05, 4.69) is 15.6 Å². The number of alkyl carbamates (subject to hydrolysis) is 1. The second kappa shape index (κ2) is 11.7. The summed E-state index contributed by atoms with van der Waals surface area (Å²) < 4.78 is 11.3. The van der Waals surface area contributed by atoms with Crippen molar-refractivity contribution in [1.29, 1.82) is 0 Å². The SMILES string of the molecule is CCOc1ccccc1CCC(=O)Nc1sc2c(c1N)CCC(OC(=O)NCc1cccnc1)C2. The van der Waals surface area contributed by atoms with Crippen LogP contribution in [0.5, 0.6) is 5.75 Å². The summed E-state index contributed by atoms with van der Waals surface area (Å²) in [5, 5.41) is 6.40. The van der Waals surface area contributed by atoms with Crippen LogP contribution in [0.3, 0.4) is 0 Å². The van der Waals surface area contributed by atoms with E-state index in [1.807, 2.05) is 43.3 Å². The van der Waals surface area contributed by atoms with Crippen LogP contribution in [0.2, 0.25) is 0 Å². The molecule has 0 spiro atoms. The highest BCUT2D eigenvalue weighted by molar-refractivity contribution is 7.17. The van der Waals surface area contributed by atoms with Gasteiger partial charge in [-0.3, -0.25) is 9.78 Å². The van der Waals surface area contributed by atoms with Gasteiger partial charge in [-0.25, -0.2) is 4.79 Å². The number of benzene rings is 1. The average molecular weight is 495 g/mol. The Labute approximate surface area is 208 Å². The van der Waals surface area contributed by atoms with E-state index in [9.17, 15) is 9.59 Å². The van der Waals surface area contributed by atoms with Gasteiger partial charge in [0, 0.05) is 36.7 Å². The van der Waals surface area contributed by atoms with E-state index >= 15 is 0 Å². The van der Waals surface area contributed by atoms with E-state index < -0.39 is 6.09 Å². The molecule has 0 saturated heterocycles. The van der Waals surface area contributed by atoms with Crippen molar-refractivity contribution in [3.63, 3.8) is 0 Å². The fourth-order valence-electron chi connectivity index (χ4n) is 4.09. The van der Waals surface area contributed by atoms with Gasteiger partial charge in [-0.1, -0.05) is 24.3 Å². The lowest BCUT2D eigenvalue weighted by Crippen LogP contribution is -2.31. The van der Waals surface area contributed by atoms with Gasteiger partial charge in [0.25, 0.3) is 0 Å². The number of carbonyl (C=O) groups excluding carboxylic acids is 2. The van der Waals surface area contributed by atoms with Crippen molar-refractivity contribution < 1.29 is 19.1 Å². The number of hydrogen-bond donors (Lipinski definition) is 3. The molecule has 3 aromatic rings. The number of amides is 2. The van der Waals surface area contributed by atoms with Crippen LogP contribution in [-0.2, 0) is 35.3 Å². The molecule has 2 aromatic heterocycles. The maximum Gasteiger partial charge on any atom is 0.407 e. The van der Waals surface area contributed by atoms with E-state index in [1.165, 1.54) is 11.3 Å². The minimum atomic E-state index is -0.451. The Balaban J connectivity index is 1.29. The smallest absolute Gasteiger partial charge is 0.407 e. The number of nitrogens with one attached hydrogen (secondary N) is 2. The Morgan fingerprint density at radius 3 is 2.89 bits per heavy atom. The molecule has 9 heteroatoms. The number of aromatic nitrogens is 1. The Morgan fingerprint density at radius 1 is 1.23 bits per heavy atom. The fourth-order valence-corrected chi connectivity index (χ4v) is 5.34. The summed E-state index contributed by atoms with van der Waals surface area (Å²) in [7, 11) is 0. The first-order valence-corrected chi connectivity index (χ1v) is 12.6. The third-order valence-electron chi connectivity index (χ3n) is 5.84. The maximum absolute atomic E-state index is 12.6. The quantitative estimate of drug-likeness (QED) is 0.404. The maximum atomic E-state index is 12.6. The van der Waals surface area contributed by atoms with E-state index in [0.29, 0.717) is 55.9 Å². The van der Waals surface area contributed by atoms with Crippen LogP contribution in [0.4, 0.5) is 15.5 Å². The molecule has 8 nitrogen and oxygen atoms in total. The van der Waals surface area contributed by atoms with Gasteiger partial charge in [0.15, 0.2) is 0 Å². The molecule has 2 heterocycles. The molecule has 35 heavy (non-hydrogen) atoms. The molecule has 4 rings (SSSR count). The lowest BCUT2D eigenvalue weighted by molar-refractivity contribution is -0.116. The molecular formula is C26H30N4O4S. The fraction of sp³-hybridized carbons (Fsp3) is 0.346. The van der Waals surface area contributed by atoms with Crippen LogP contribution in [0, 0.1) is 0 Å². The van der Waals surface area contributed by atoms with Gasteiger partial charge in [-0.05, 0) is 55.0 Å². The number of nitrogens with zero attached hydrogens (tertiary/aromatic N) is 1. The molecule has 0 saturated carbocycles. The number of thiophene rings is 1. The third-order valence-corrected chi connectivity index (χ3v) is 7.03. The second-order valence-electron chi connectivity index (χ2n) is 8.32. The van der Waals surface area contributed by atoms with Gasteiger partial charge in [0.2, 0.25) is 5.91 Å². The number of carbonyl (C=O) groups is 2. The number of nitrogen functional groups attached to an aromatic ring is 1. The topological polar surface area (TPSA) is 116 Å². The number of nitrogens with two attached hydrogens (primary N) is 1. The first-order valence-electron chi connectivity index (χ1n) is 11.8. The standard InChI is InChI=1S/C26H30N4O4S/c1-2-33-21-8-4-3-7-18(21)9-12-23(31)30-25-24(27)20-11-10-19(14-22(20)35-25)34-26(32)29-16-17-6-5-13-28-15-17/h3-8,13,15,19H,2,9-12,14,16,27H2,1H3,(H,29,32)(H,30,31). The van der Waals surface area contributed by atoms with Gasteiger partial charge in [-0.15, -0.1) is 11.3 Å². The molecule has 4 N–H and O–H groups in total. The minimum Gasteiger partial charge on any atom is -0.494 e. The highest BCUT2D eigenvalue weighted by Gasteiger charge is 2.27. The summed E-state index contributed by atoms with van der Waals surface area (Å²) in [5.41, 5.74) is 9.92. The number of pyridine rings is 1. The van der Waals surface area contributed by atoms with Crippen molar-refractivity contribution in [1.82, 2.24) is 10.3 Å². The van der Waals surface area contributed by atoms with Crippen molar-refractivity contribution in [2.24, 2.45) is 0 Å². The molecule has 0 aliphatic heterocycles. The van der Waals surface area contributed by atoms with Gasteiger partial charge in [0.05, 0.1) is 12.3 Å². The van der Waals surface area contributed by atoms with Gasteiger partial charge < -0.3 is 25.8 Å². The molecule has 0 fully saturated rings. The van der Waals surface area contributed by atoms with Crippen molar-refractivity contribution >= 4 is 34.0 Å². The van der Waals surface area contributed by atoms with Gasteiger partial charge >= 0.3 is 6.09 Å². The van der Waals surface area contributed by atoms with Crippen LogP contribution < -0.4 is 21.1 Å². The summed E-state index contributed by atoms with van der Waals surface area (Å²) in [4.78, 5) is 29.9. The molecule has 1 aliphatic rings. The Morgan fingerprint density at radius 2 is 2.09 bits per heavy atom.